The molecule has 0 saturated carbocycles. The molecule has 2 aromatic rings. The summed E-state index contributed by atoms with van der Waals surface area (Å²) in [5, 5.41) is 13.4. The van der Waals surface area contributed by atoms with Gasteiger partial charge in [0.2, 0.25) is 0 Å². The fourth-order valence-electron chi connectivity index (χ4n) is 3.59. The summed E-state index contributed by atoms with van der Waals surface area (Å²) in [6.45, 7) is 5.60. The summed E-state index contributed by atoms with van der Waals surface area (Å²) in [4.78, 5) is 28.8. The summed E-state index contributed by atoms with van der Waals surface area (Å²) in [6, 6.07) is 7.59. The lowest BCUT2D eigenvalue weighted by atomic mass is 10.1. The van der Waals surface area contributed by atoms with Gasteiger partial charge >= 0.3 is 6.03 Å². The Bertz CT molecular complexity index is 860. The fourth-order valence-corrected chi connectivity index (χ4v) is 3.59. The predicted octanol–water partition coefficient (Wildman–Crippen LogP) is 1.78. The maximum atomic E-state index is 12.8. The van der Waals surface area contributed by atoms with Gasteiger partial charge in [-0.2, -0.15) is 5.10 Å². The molecule has 9 heteroatoms. The largest absolute Gasteiger partial charge is 0.334 e. The Labute approximate surface area is 170 Å². The molecule has 0 atom stereocenters. The third kappa shape index (κ3) is 4.13. The molecule has 0 radical (unpaired) electrons. The van der Waals surface area contributed by atoms with E-state index in [1.807, 2.05) is 31.2 Å². The highest BCUT2D eigenvalue weighted by molar-refractivity contribution is 5.94. The quantitative estimate of drug-likeness (QED) is 0.711. The minimum Gasteiger partial charge on any atom is -0.334 e. The van der Waals surface area contributed by atoms with Crippen molar-refractivity contribution in [3.63, 3.8) is 0 Å². The predicted molar refractivity (Wildman–Crippen MR) is 109 cm³/mol. The van der Waals surface area contributed by atoms with Crippen molar-refractivity contribution in [1.82, 2.24) is 25.3 Å². The van der Waals surface area contributed by atoms with Crippen LogP contribution in [0.15, 0.2) is 24.3 Å². The Kier molecular flexibility index (Phi) is 6.21. The first-order valence-corrected chi connectivity index (χ1v) is 9.30. The zero-order chi connectivity index (χ0) is 18.8. The molecule has 3 N–H and O–H groups in total. The molecule has 1 aromatic carbocycles. The van der Waals surface area contributed by atoms with E-state index in [0.717, 1.165) is 35.5 Å². The second-order valence-electron chi connectivity index (χ2n) is 7.03. The van der Waals surface area contributed by atoms with Crippen LogP contribution in [0.3, 0.4) is 0 Å². The summed E-state index contributed by atoms with van der Waals surface area (Å²) in [6.07, 6.45) is 0.864. The van der Waals surface area contributed by atoms with Crippen molar-refractivity contribution in [1.29, 1.82) is 0 Å². The molecule has 150 valence electrons. The maximum Gasteiger partial charge on any atom is 0.321 e. The fraction of sp³-hybridized carbons (Fsp3) is 0.421. The van der Waals surface area contributed by atoms with Crippen LogP contribution >= 0.6 is 12.4 Å². The van der Waals surface area contributed by atoms with E-state index in [9.17, 15) is 9.59 Å². The Hall–Kier alpha value is -2.58. The molecule has 2 aliphatic rings. The monoisotopic (exact) mass is 404 g/mol. The van der Waals surface area contributed by atoms with Gasteiger partial charge in [-0.1, -0.05) is 12.1 Å². The van der Waals surface area contributed by atoms with E-state index in [2.05, 4.69) is 20.8 Å². The number of nitrogens with one attached hydrogen (secondary N) is 3. The van der Waals surface area contributed by atoms with Crippen LogP contribution in [0.2, 0.25) is 0 Å². The van der Waals surface area contributed by atoms with Crippen molar-refractivity contribution in [2.45, 2.75) is 19.9 Å². The number of halogens is 1. The summed E-state index contributed by atoms with van der Waals surface area (Å²) in [5.41, 5.74) is 4.42. The number of urea groups is 1. The second-order valence-corrected chi connectivity index (χ2v) is 7.03. The van der Waals surface area contributed by atoms with E-state index in [1.54, 1.807) is 9.80 Å². The van der Waals surface area contributed by atoms with E-state index in [0.29, 0.717) is 38.4 Å². The molecule has 8 nitrogen and oxygen atoms in total. The molecule has 0 bridgehead atoms. The van der Waals surface area contributed by atoms with Crippen molar-refractivity contribution in [2.24, 2.45) is 0 Å². The van der Waals surface area contributed by atoms with E-state index in [-0.39, 0.29) is 24.3 Å². The van der Waals surface area contributed by atoms with Gasteiger partial charge < -0.3 is 20.4 Å². The van der Waals surface area contributed by atoms with Gasteiger partial charge in [-0.25, -0.2) is 4.79 Å². The van der Waals surface area contributed by atoms with E-state index in [1.165, 1.54) is 0 Å². The summed E-state index contributed by atoms with van der Waals surface area (Å²) >= 11 is 0. The number of nitrogens with zero attached hydrogens (tertiary/aromatic N) is 3. The lowest BCUT2D eigenvalue weighted by molar-refractivity contribution is 0.0664. The van der Waals surface area contributed by atoms with Crippen LogP contribution in [0.4, 0.5) is 10.5 Å². The topological polar surface area (TPSA) is 93.4 Å². The third-order valence-electron chi connectivity index (χ3n) is 5.13. The number of benzene rings is 1. The standard InChI is InChI=1S/C19H24N6O2.ClH/c1-13-3-2-4-14(11-13)21-19(27)25-9-7-24(8-10-25)18(26)17-15-12-20-6-5-16(15)22-23-17;/h2-4,11,20H,5-10,12H2,1H3,(H,21,27)(H,22,23);1H. The molecule has 3 heterocycles. The van der Waals surface area contributed by atoms with Gasteiger partial charge in [-0.05, 0) is 24.6 Å². The highest BCUT2D eigenvalue weighted by Gasteiger charge is 2.29. The third-order valence-corrected chi connectivity index (χ3v) is 5.13. The van der Waals surface area contributed by atoms with Gasteiger partial charge in [-0.15, -0.1) is 12.4 Å². The van der Waals surface area contributed by atoms with Crippen molar-refractivity contribution in [3.8, 4) is 0 Å². The molecule has 0 spiro atoms. The normalized spacial score (nSPS) is 16.2. The average Bonchev–Trinajstić information content (AvgIpc) is 3.12. The van der Waals surface area contributed by atoms with Crippen LogP contribution in [0.5, 0.6) is 0 Å². The number of hydrogen-bond acceptors (Lipinski definition) is 4. The van der Waals surface area contributed by atoms with Crippen molar-refractivity contribution in [2.75, 3.05) is 38.0 Å². The molecule has 2 aliphatic heterocycles. The van der Waals surface area contributed by atoms with E-state index in [4.69, 9.17) is 0 Å². The molecule has 1 aromatic heterocycles. The van der Waals surface area contributed by atoms with Gasteiger partial charge in [-0.3, -0.25) is 9.89 Å². The Balaban J connectivity index is 0.00000225. The minimum absolute atomic E-state index is 0. The lowest BCUT2D eigenvalue weighted by Crippen LogP contribution is -2.52. The number of fused-ring (bicyclic) bond motifs is 1. The first-order chi connectivity index (χ1) is 13.1. The van der Waals surface area contributed by atoms with Gasteiger partial charge in [0.05, 0.1) is 0 Å². The number of aromatic amines is 1. The number of anilines is 1. The Morgan fingerprint density at radius 3 is 2.64 bits per heavy atom. The van der Waals surface area contributed by atoms with Crippen LogP contribution < -0.4 is 10.6 Å². The van der Waals surface area contributed by atoms with E-state index >= 15 is 0 Å². The highest BCUT2D eigenvalue weighted by atomic mass is 35.5. The second kappa shape index (κ2) is 8.62. The van der Waals surface area contributed by atoms with Gasteiger partial charge in [0.25, 0.3) is 5.91 Å². The summed E-state index contributed by atoms with van der Waals surface area (Å²) in [7, 11) is 0. The van der Waals surface area contributed by atoms with Crippen LogP contribution in [0.25, 0.3) is 0 Å². The zero-order valence-corrected chi connectivity index (χ0v) is 16.6. The summed E-state index contributed by atoms with van der Waals surface area (Å²) in [5.74, 6) is -0.0602. The minimum atomic E-state index is -0.131. The number of hydrogen-bond donors (Lipinski definition) is 3. The number of H-pyrrole nitrogens is 1. The summed E-state index contributed by atoms with van der Waals surface area (Å²) < 4.78 is 0. The molecule has 4 rings (SSSR count). The highest BCUT2D eigenvalue weighted by Crippen LogP contribution is 2.18. The van der Waals surface area contributed by atoms with Crippen LogP contribution in [-0.4, -0.2) is 64.7 Å². The molecular formula is C19H25ClN6O2. The van der Waals surface area contributed by atoms with E-state index < -0.39 is 0 Å². The maximum absolute atomic E-state index is 12.8. The molecule has 3 amide bonds. The molecular weight excluding hydrogens is 380 g/mol. The first kappa shape index (κ1) is 20.2. The molecule has 1 saturated heterocycles. The molecule has 0 unspecified atom stereocenters. The number of carbonyl (C=O) groups is 2. The first-order valence-electron chi connectivity index (χ1n) is 9.30. The average molecular weight is 405 g/mol. The van der Waals surface area contributed by atoms with Crippen LogP contribution in [0, 0.1) is 6.92 Å². The number of amides is 3. The van der Waals surface area contributed by atoms with Crippen LogP contribution in [0.1, 0.15) is 27.3 Å². The number of piperazine rings is 1. The Morgan fingerprint density at radius 1 is 1.14 bits per heavy atom. The SMILES string of the molecule is Cc1cccc(NC(=O)N2CCN(C(=O)c3n[nH]c4c3CNCC4)CC2)c1.Cl. The van der Waals surface area contributed by atoms with Crippen molar-refractivity contribution in [3.05, 3.63) is 46.8 Å². The lowest BCUT2D eigenvalue weighted by Gasteiger charge is -2.34. The number of carbonyl (C=O) groups excluding carboxylic acids is 2. The van der Waals surface area contributed by atoms with Gasteiger partial charge in [0.1, 0.15) is 0 Å². The molecule has 28 heavy (non-hydrogen) atoms. The number of aryl methyl sites for hydroxylation is 1. The van der Waals surface area contributed by atoms with Crippen LogP contribution in [-0.2, 0) is 13.0 Å². The smallest absolute Gasteiger partial charge is 0.321 e. The van der Waals surface area contributed by atoms with Crippen molar-refractivity contribution < 1.29 is 9.59 Å². The van der Waals surface area contributed by atoms with Gasteiger partial charge in [0.15, 0.2) is 5.69 Å². The van der Waals surface area contributed by atoms with Crippen molar-refractivity contribution >= 4 is 30.0 Å². The zero-order valence-electron chi connectivity index (χ0n) is 15.8. The number of rotatable bonds is 2. The molecule has 0 aliphatic carbocycles. The number of aromatic nitrogens is 2. The molecule has 1 fully saturated rings. The van der Waals surface area contributed by atoms with Gasteiger partial charge in [0, 0.05) is 62.6 Å². The Morgan fingerprint density at radius 2 is 1.89 bits per heavy atom.